The first kappa shape index (κ1) is 16.7. The van der Waals surface area contributed by atoms with Gasteiger partial charge in [-0.2, -0.15) is 0 Å². The maximum absolute atomic E-state index is 11.8. The molecule has 3 unspecified atom stereocenters. The summed E-state index contributed by atoms with van der Waals surface area (Å²) in [5, 5.41) is 0. The lowest BCUT2D eigenvalue weighted by atomic mass is 9.94. The van der Waals surface area contributed by atoms with Crippen LogP contribution in [0.3, 0.4) is 0 Å². The average molecular weight is 300 g/mol. The first-order chi connectivity index (χ1) is 10.2. The number of carbonyl (C=O) groups excluding carboxylic acids is 1. The van der Waals surface area contributed by atoms with Crippen molar-refractivity contribution in [3.63, 3.8) is 0 Å². The molecule has 5 nitrogen and oxygen atoms in total. The van der Waals surface area contributed by atoms with Gasteiger partial charge in [-0.15, -0.1) is 0 Å². The van der Waals surface area contributed by atoms with E-state index in [1.54, 1.807) is 7.11 Å². The smallest absolute Gasteiger partial charge is 0.312 e. The molecule has 0 amide bonds. The molecule has 2 heterocycles. The van der Waals surface area contributed by atoms with Crippen molar-refractivity contribution in [2.45, 2.75) is 70.2 Å². The molecule has 2 saturated heterocycles. The van der Waals surface area contributed by atoms with Crippen LogP contribution >= 0.6 is 0 Å². The van der Waals surface area contributed by atoms with Gasteiger partial charge in [0.05, 0.1) is 18.6 Å². The molecule has 0 radical (unpaired) electrons. The van der Waals surface area contributed by atoms with Crippen LogP contribution in [0.25, 0.3) is 0 Å². The van der Waals surface area contributed by atoms with E-state index in [0.717, 1.165) is 19.4 Å². The molecule has 4 atom stereocenters. The van der Waals surface area contributed by atoms with Gasteiger partial charge in [-0.1, -0.05) is 32.1 Å². The van der Waals surface area contributed by atoms with Gasteiger partial charge in [0.2, 0.25) is 0 Å². The van der Waals surface area contributed by atoms with Gasteiger partial charge in [0.15, 0.2) is 0 Å². The van der Waals surface area contributed by atoms with Crippen molar-refractivity contribution in [2.75, 3.05) is 20.5 Å². The second-order valence-corrected chi connectivity index (χ2v) is 6.09. The summed E-state index contributed by atoms with van der Waals surface area (Å²) in [5.74, 6) is -0.246. The molecule has 2 aliphatic rings. The topological polar surface area (TPSA) is 57.3 Å². The van der Waals surface area contributed by atoms with Crippen molar-refractivity contribution in [1.82, 2.24) is 0 Å². The molecule has 0 bridgehead atoms. The molecule has 0 aromatic carbocycles. The molecule has 0 aromatic rings. The molecule has 5 heteroatoms. The SMILES string of the molecule is COCOC1C(CCCCCCCC2CO2)C(=O)O[C@@H]1C. The van der Waals surface area contributed by atoms with Crippen LogP contribution in [0, 0.1) is 5.92 Å². The highest BCUT2D eigenvalue weighted by molar-refractivity contribution is 5.75. The Morgan fingerprint density at radius 1 is 1.14 bits per heavy atom. The number of ether oxygens (including phenoxy) is 4. The first-order valence-corrected chi connectivity index (χ1v) is 8.15. The van der Waals surface area contributed by atoms with E-state index in [1.807, 2.05) is 6.92 Å². The van der Waals surface area contributed by atoms with Crippen LogP contribution in [0.5, 0.6) is 0 Å². The Morgan fingerprint density at radius 3 is 2.48 bits per heavy atom. The van der Waals surface area contributed by atoms with Gasteiger partial charge in [-0.05, 0) is 19.8 Å². The van der Waals surface area contributed by atoms with Crippen LogP contribution in [0.4, 0.5) is 0 Å². The molecule has 0 aromatic heterocycles. The fourth-order valence-corrected chi connectivity index (χ4v) is 2.98. The standard InChI is InChI=1S/C16H28O5/c1-12-15(20-11-18-2)14(16(17)21-12)9-7-5-3-4-6-8-13-10-19-13/h12-15H,3-11H2,1-2H3/t12-,13?,14?,15?/m1/s1. The summed E-state index contributed by atoms with van der Waals surface area (Å²) in [5.41, 5.74) is 0. The van der Waals surface area contributed by atoms with Crippen molar-refractivity contribution >= 4 is 5.97 Å². The van der Waals surface area contributed by atoms with Crippen molar-refractivity contribution in [1.29, 1.82) is 0 Å². The molecule has 0 aliphatic carbocycles. The summed E-state index contributed by atoms with van der Waals surface area (Å²) in [6.07, 6.45) is 8.25. The van der Waals surface area contributed by atoms with E-state index in [9.17, 15) is 4.79 Å². The fraction of sp³-hybridized carbons (Fsp3) is 0.938. The third kappa shape index (κ3) is 5.57. The van der Waals surface area contributed by atoms with Gasteiger partial charge in [-0.3, -0.25) is 4.79 Å². The van der Waals surface area contributed by atoms with Gasteiger partial charge >= 0.3 is 5.97 Å². The molecule has 0 N–H and O–H groups in total. The van der Waals surface area contributed by atoms with Gasteiger partial charge in [0.1, 0.15) is 19.0 Å². The summed E-state index contributed by atoms with van der Waals surface area (Å²) in [6.45, 7) is 3.06. The Morgan fingerprint density at radius 2 is 1.81 bits per heavy atom. The maximum Gasteiger partial charge on any atom is 0.312 e. The van der Waals surface area contributed by atoms with Crippen LogP contribution in [-0.2, 0) is 23.7 Å². The number of epoxide rings is 1. The Kier molecular flexibility index (Phi) is 6.93. The monoisotopic (exact) mass is 300 g/mol. The summed E-state index contributed by atoms with van der Waals surface area (Å²) in [6, 6.07) is 0. The van der Waals surface area contributed by atoms with E-state index < -0.39 is 0 Å². The number of methoxy groups -OCH3 is 1. The Labute approximate surface area is 127 Å². The number of unbranched alkanes of at least 4 members (excludes halogenated alkanes) is 4. The Bertz CT molecular complexity index is 316. The van der Waals surface area contributed by atoms with Gasteiger partial charge < -0.3 is 18.9 Å². The maximum atomic E-state index is 11.8. The second-order valence-electron chi connectivity index (χ2n) is 6.09. The minimum absolute atomic E-state index is 0.116. The van der Waals surface area contributed by atoms with Crippen LogP contribution in [0.2, 0.25) is 0 Å². The quantitative estimate of drug-likeness (QED) is 0.254. The van der Waals surface area contributed by atoms with Gasteiger partial charge in [0, 0.05) is 7.11 Å². The molecule has 2 aliphatic heterocycles. The average Bonchev–Trinajstić information content (AvgIpc) is 3.23. The highest BCUT2D eigenvalue weighted by Gasteiger charge is 2.42. The largest absolute Gasteiger partial charge is 0.460 e. The molecule has 21 heavy (non-hydrogen) atoms. The summed E-state index contributed by atoms with van der Waals surface area (Å²) in [4.78, 5) is 11.8. The van der Waals surface area contributed by atoms with E-state index in [4.69, 9.17) is 18.9 Å². The third-order valence-corrected chi connectivity index (χ3v) is 4.29. The molecule has 122 valence electrons. The van der Waals surface area contributed by atoms with Crippen LogP contribution < -0.4 is 0 Å². The van der Waals surface area contributed by atoms with E-state index in [0.29, 0.717) is 6.10 Å². The highest BCUT2D eigenvalue weighted by atomic mass is 16.7. The van der Waals surface area contributed by atoms with Crippen molar-refractivity contribution in [3.05, 3.63) is 0 Å². The normalized spacial score (nSPS) is 31.4. The lowest BCUT2D eigenvalue weighted by Crippen LogP contribution is -2.29. The fourth-order valence-electron chi connectivity index (χ4n) is 2.98. The zero-order valence-electron chi connectivity index (χ0n) is 13.2. The first-order valence-electron chi connectivity index (χ1n) is 8.15. The minimum atomic E-state index is -0.170. The lowest BCUT2D eigenvalue weighted by Gasteiger charge is -2.18. The molecular formula is C16H28O5. The van der Waals surface area contributed by atoms with Crippen LogP contribution in [-0.4, -0.2) is 44.8 Å². The number of esters is 1. The van der Waals surface area contributed by atoms with Gasteiger partial charge in [-0.25, -0.2) is 0 Å². The van der Waals surface area contributed by atoms with E-state index in [-0.39, 0.29) is 30.9 Å². The summed E-state index contributed by atoms with van der Waals surface area (Å²) >= 11 is 0. The van der Waals surface area contributed by atoms with Crippen LogP contribution in [0.1, 0.15) is 51.9 Å². The summed E-state index contributed by atoms with van der Waals surface area (Å²) in [7, 11) is 1.59. The zero-order valence-corrected chi connectivity index (χ0v) is 13.2. The molecular weight excluding hydrogens is 272 g/mol. The highest BCUT2D eigenvalue weighted by Crippen LogP contribution is 2.29. The predicted molar refractivity (Wildman–Crippen MR) is 77.9 cm³/mol. The second kappa shape index (κ2) is 8.71. The van der Waals surface area contributed by atoms with Crippen molar-refractivity contribution < 1.29 is 23.7 Å². The number of carbonyl (C=O) groups is 1. The zero-order chi connectivity index (χ0) is 15.1. The third-order valence-electron chi connectivity index (χ3n) is 4.29. The summed E-state index contributed by atoms with van der Waals surface area (Å²) < 4.78 is 21.0. The van der Waals surface area contributed by atoms with E-state index in [1.165, 1.54) is 32.1 Å². The molecule has 0 saturated carbocycles. The Hall–Kier alpha value is -0.650. The van der Waals surface area contributed by atoms with Crippen molar-refractivity contribution in [3.8, 4) is 0 Å². The number of rotatable bonds is 11. The van der Waals surface area contributed by atoms with Crippen molar-refractivity contribution in [2.24, 2.45) is 5.92 Å². The lowest BCUT2D eigenvalue weighted by molar-refractivity contribution is -0.144. The minimum Gasteiger partial charge on any atom is -0.460 e. The van der Waals surface area contributed by atoms with Gasteiger partial charge in [0.25, 0.3) is 0 Å². The number of hydrogen-bond donors (Lipinski definition) is 0. The van der Waals surface area contributed by atoms with E-state index >= 15 is 0 Å². The Balaban J connectivity index is 1.57. The van der Waals surface area contributed by atoms with E-state index in [2.05, 4.69) is 0 Å². The molecule has 2 rings (SSSR count). The predicted octanol–water partition coefficient (Wildman–Crippen LogP) is 2.67. The number of hydrogen-bond acceptors (Lipinski definition) is 5. The van der Waals surface area contributed by atoms with Crippen LogP contribution in [0.15, 0.2) is 0 Å². The molecule has 0 spiro atoms. The number of cyclic esters (lactones) is 1. The molecule has 2 fully saturated rings.